The van der Waals surface area contributed by atoms with Gasteiger partial charge >= 0.3 is 0 Å². The minimum atomic E-state index is -1.41. The zero-order chi connectivity index (χ0) is 17.7. The fraction of sp³-hybridized carbons (Fsp3) is 0.588. The molecule has 7 heteroatoms. The van der Waals surface area contributed by atoms with Crippen LogP contribution in [0.4, 0.5) is 0 Å². The molecule has 1 fully saturated rings. The fourth-order valence-electron chi connectivity index (χ4n) is 2.14. The highest BCUT2D eigenvalue weighted by Crippen LogP contribution is 2.22. The van der Waals surface area contributed by atoms with Crippen LogP contribution < -0.4 is 0 Å². The molecule has 1 aliphatic heterocycles. The standard InChI is InChI=1S/C17H25NO6/c1-17(2,3)24-18-9-12-13(19)14(20)15(21)16(23-12)22-10-11-7-5-4-6-8-11/h4-9,12-16,19-21H,10H2,1-3H3/b18-9+/t12-,13+,14+,15-,16?/m1/s1. The molecule has 7 nitrogen and oxygen atoms in total. The first-order valence-corrected chi connectivity index (χ1v) is 7.85. The smallest absolute Gasteiger partial charge is 0.187 e. The van der Waals surface area contributed by atoms with E-state index in [0.717, 1.165) is 5.56 Å². The zero-order valence-corrected chi connectivity index (χ0v) is 14.1. The number of oxime groups is 1. The van der Waals surface area contributed by atoms with Crippen molar-refractivity contribution < 1.29 is 29.6 Å². The Labute approximate surface area is 141 Å². The Morgan fingerprint density at radius 3 is 2.38 bits per heavy atom. The summed E-state index contributed by atoms with van der Waals surface area (Å²) in [5.41, 5.74) is 0.410. The fourth-order valence-corrected chi connectivity index (χ4v) is 2.14. The Kier molecular flexibility index (Phi) is 6.31. The second-order valence-electron chi connectivity index (χ2n) is 6.70. The molecule has 1 heterocycles. The molecule has 0 radical (unpaired) electrons. The summed E-state index contributed by atoms with van der Waals surface area (Å²) < 4.78 is 11.0. The van der Waals surface area contributed by atoms with E-state index in [0.29, 0.717) is 0 Å². The average Bonchev–Trinajstić information content (AvgIpc) is 2.53. The van der Waals surface area contributed by atoms with Crippen LogP contribution in [0.5, 0.6) is 0 Å². The van der Waals surface area contributed by atoms with E-state index in [-0.39, 0.29) is 6.61 Å². The highest BCUT2D eigenvalue weighted by atomic mass is 16.7. The first-order valence-electron chi connectivity index (χ1n) is 7.85. The van der Waals surface area contributed by atoms with Gasteiger partial charge in [0.1, 0.15) is 30.0 Å². The maximum atomic E-state index is 10.0. The quantitative estimate of drug-likeness (QED) is 0.542. The van der Waals surface area contributed by atoms with Crippen molar-refractivity contribution >= 4 is 6.21 Å². The molecule has 1 aromatic rings. The molecular formula is C17H25NO6. The first kappa shape index (κ1) is 18.8. The molecule has 0 bridgehead atoms. The summed E-state index contributed by atoms with van der Waals surface area (Å²) in [5.74, 6) is 0. The Morgan fingerprint density at radius 1 is 1.08 bits per heavy atom. The van der Waals surface area contributed by atoms with E-state index in [1.54, 1.807) is 0 Å². The van der Waals surface area contributed by atoms with Crippen molar-refractivity contribution in [2.45, 2.75) is 63.7 Å². The third-order valence-electron chi connectivity index (χ3n) is 3.40. The summed E-state index contributed by atoms with van der Waals surface area (Å²) in [7, 11) is 0. The number of benzene rings is 1. The number of hydrogen-bond acceptors (Lipinski definition) is 7. The SMILES string of the molecule is CC(C)(C)O/N=C/[C@H]1OC(OCc2ccccc2)[C@H](O)[C@@H](O)[C@H]1O. The molecule has 1 saturated heterocycles. The van der Waals surface area contributed by atoms with Crippen LogP contribution in [0.25, 0.3) is 0 Å². The van der Waals surface area contributed by atoms with Crippen LogP contribution in [0.1, 0.15) is 26.3 Å². The summed E-state index contributed by atoms with van der Waals surface area (Å²) in [6.07, 6.45) is -4.89. The second-order valence-corrected chi connectivity index (χ2v) is 6.70. The van der Waals surface area contributed by atoms with E-state index in [1.807, 2.05) is 51.1 Å². The lowest BCUT2D eigenvalue weighted by Gasteiger charge is -2.38. The summed E-state index contributed by atoms with van der Waals surface area (Å²) in [5, 5.41) is 33.8. The third-order valence-corrected chi connectivity index (χ3v) is 3.40. The normalized spacial score (nSPS) is 31.3. The Morgan fingerprint density at radius 2 is 1.75 bits per heavy atom. The van der Waals surface area contributed by atoms with Gasteiger partial charge in [-0.05, 0) is 26.3 Å². The zero-order valence-electron chi connectivity index (χ0n) is 14.1. The van der Waals surface area contributed by atoms with Crippen molar-refractivity contribution in [2.24, 2.45) is 5.16 Å². The van der Waals surface area contributed by atoms with E-state index in [4.69, 9.17) is 14.3 Å². The van der Waals surface area contributed by atoms with Gasteiger partial charge in [-0.15, -0.1) is 0 Å². The number of hydrogen-bond donors (Lipinski definition) is 3. The van der Waals surface area contributed by atoms with Crippen molar-refractivity contribution in [1.29, 1.82) is 0 Å². The van der Waals surface area contributed by atoms with Crippen molar-refractivity contribution in [3.8, 4) is 0 Å². The minimum Gasteiger partial charge on any atom is -0.390 e. The Hall–Kier alpha value is -1.51. The molecule has 5 atom stereocenters. The van der Waals surface area contributed by atoms with E-state index in [2.05, 4.69) is 5.16 Å². The van der Waals surface area contributed by atoms with Gasteiger partial charge in [0, 0.05) is 0 Å². The van der Waals surface area contributed by atoms with Gasteiger partial charge in [-0.25, -0.2) is 0 Å². The molecule has 0 aromatic heterocycles. The maximum absolute atomic E-state index is 10.0. The molecule has 1 unspecified atom stereocenters. The van der Waals surface area contributed by atoms with Crippen molar-refractivity contribution in [1.82, 2.24) is 0 Å². The van der Waals surface area contributed by atoms with Crippen LogP contribution in [-0.2, 0) is 20.9 Å². The predicted molar refractivity (Wildman–Crippen MR) is 87.2 cm³/mol. The van der Waals surface area contributed by atoms with Crippen LogP contribution >= 0.6 is 0 Å². The number of ether oxygens (including phenoxy) is 2. The summed E-state index contributed by atoms with van der Waals surface area (Å²) in [4.78, 5) is 5.20. The molecule has 0 aliphatic carbocycles. The van der Waals surface area contributed by atoms with Gasteiger partial charge in [-0.1, -0.05) is 35.5 Å². The molecule has 24 heavy (non-hydrogen) atoms. The number of nitrogens with zero attached hydrogens (tertiary/aromatic N) is 1. The number of rotatable bonds is 5. The van der Waals surface area contributed by atoms with E-state index in [1.165, 1.54) is 6.21 Å². The summed E-state index contributed by atoms with van der Waals surface area (Å²) in [6, 6.07) is 9.37. The molecule has 0 amide bonds. The van der Waals surface area contributed by atoms with Gasteiger partial charge in [-0.2, -0.15) is 0 Å². The molecule has 0 spiro atoms. The lowest BCUT2D eigenvalue weighted by Crippen LogP contribution is -2.58. The minimum absolute atomic E-state index is 0.202. The maximum Gasteiger partial charge on any atom is 0.187 e. The molecule has 134 valence electrons. The van der Waals surface area contributed by atoms with Gasteiger partial charge in [-0.3, -0.25) is 0 Å². The van der Waals surface area contributed by atoms with Gasteiger partial charge in [0.05, 0.1) is 12.8 Å². The molecule has 0 saturated carbocycles. The lowest BCUT2D eigenvalue weighted by molar-refractivity contribution is -0.285. The average molecular weight is 339 g/mol. The molecule has 1 aliphatic rings. The Bertz CT molecular complexity index is 530. The van der Waals surface area contributed by atoms with Gasteiger partial charge in [0.15, 0.2) is 6.29 Å². The molecule has 3 N–H and O–H groups in total. The van der Waals surface area contributed by atoms with E-state index < -0.39 is 36.3 Å². The lowest BCUT2D eigenvalue weighted by atomic mass is 9.99. The largest absolute Gasteiger partial charge is 0.390 e. The number of aliphatic hydroxyl groups is 3. The first-order chi connectivity index (χ1) is 11.3. The summed E-state index contributed by atoms with van der Waals surface area (Å²) in [6.45, 7) is 5.68. The van der Waals surface area contributed by atoms with E-state index >= 15 is 0 Å². The second kappa shape index (κ2) is 8.04. The summed E-state index contributed by atoms with van der Waals surface area (Å²) >= 11 is 0. The van der Waals surface area contributed by atoms with E-state index in [9.17, 15) is 15.3 Å². The highest BCUT2D eigenvalue weighted by Gasteiger charge is 2.43. The predicted octanol–water partition coefficient (Wildman–Crippen LogP) is 0.812. The van der Waals surface area contributed by atoms with Crippen LogP contribution in [0.15, 0.2) is 35.5 Å². The molecular weight excluding hydrogens is 314 g/mol. The van der Waals surface area contributed by atoms with Gasteiger partial charge in [0.2, 0.25) is 0 Å². The molecule has 2 rings (SSSR count). The third kappa shape index (κ3) is 5.25. The van der Waals surface area contributed by atoms with Crippen LogP contribution in [-0.4, -0.2) is 57.8 Å². The van der Waals surface area contributed by atoms with Gasteiger partial charge in [0.25, 0.3) is 0 Å². The van der Waals surface area contributed by atoms with Crippen molar-refractivity contribution in [3.63, 3.8) is 0 Å². The highest BCUT2D eigenvalue weighted by molar-refractivity contribution is 5.63. The van der Waals surface area contributed by atoms with Crippen LogP contribution in [0.2, 0.25) is 0 Å². The Balaban J connectivity index is 1.98. The molecule has 1 aromatic carbocycles. The van der Waals surface area contributed by atoms with Gasteiger partial charge < -0.3 is 29.6 Å². The van der Waals surface area contributed by atoms with Crippen molar-refractivity contribution in [3.05, 3.63) is 35.9 Å². The van der Waals surface area contributed by atoms with Crippen LogP contribution in [0, 0.1) is 0 Å². The monoisotopic (exact) mass is 339 g/mol. The van der Waals surface area contributed by atoms with Crippen LogP contribution in [0.3, 0.4) is 0 Å². The number of aliphatic hydroxyl groups excluding tert-OH is 3. The topological polar surface area (TPSA) is 101 Å². The van der Waals surface area contributed by atoms with Crippen molar-refractivity contribution in [2.75, 3.05) is 0 Å².